The topological polar surface area (TPSA) is 34.2 Å². The molecule has 5 nitrogen and oxygen atoms in total. The van der Waals surface area contributed by atoms with Crippen LogP contribution in [-0.2, 0) is 20.6 Å². The Kier molecular flexibility index (Phi) is 7.55. The summed E-state index contributed by atoms with van der Waals surface area (Å²) in [5.74, 6) is 0. The molecule has 1 unspecified atom stereocenters. The zero-order chi connectivity index (χ0) is 23.4. The number of rotatable bonds is 6. The lowest BCUT2D eigenvalue weighted by molar-refractivity contribution is -0.258. The number of aryl methyl sites for hydroxylation is 1. The van der Waals surface area contributed by atoms with Crippen LogP contribution in [0.5, 0.6) is 0 Å². The first-order valence-electron chi connectivity index (χ1n) is 13.1. The fourth-order valence-corrected chi connectivity index (χ4v) is 5.33. The van der Waals surface area contributed by atoms with E-state index in [0.29, 0.717) is 19.8 Å². The van der Waals surface area contributed by atoms with E-state index < -0.39 is 0 Å². The molecule has 1 spiro atoms. The summed E-state index contributed by atoms with van der Waals surface area (Å²) in [7, 11) is 2.20. The zero-order valence-electron chi connectivity index (χ0n) is 20.9. The Bertz CT molecular complexity index is 888. The lowest BCUT2D eigenvalue weighted by atomic mass is 9.81. The molecule has 0 aliphatic carbocycles. The summed E-state index contributed by atoms with van der Waals surface area (Å²) in [6.07, 6.45) is 5.59. The van der Waals surface area contributed by atoms with Crippen LogP contribution in [0.25, 0.3) is 0 Å². The van der Waals surface area contributed by atoms with Gasteiger partial charge >= 0.3 is 0 Å². The predicted octanol–water partition coefficient (Wildman–Crippen LogP) is 5.36. The third-order valence-electron chi connectivity index (χ3n) is 7.81. The molecular weight excluding hydrogens is 424 g/mol. The molecule has 0 bridgehead atoms. The SMILES string of the molecule is CCCCc1ccc(C2OCC3(CCC(c4ccc(N5CCN(C)CC5)cc4)OC3)CO2)cc1. The minimum atomic E-state index is -0.259. The van der Waals surface area contributed by atoms with Crippen LogP contribution in [0.2, 0.25) is 0 Å². The summed E-state index contributed by atoms with van der Waals surface area (Å²) in [5, 5.41) is 0. The second kappa shape index (κ2) is 10.8. The van der Waals surface area contributed by atoms with Gasteiger partial charge in [0, 0.05) is 42.8 Å². The number of benzene rings is 2. The van der Waals surface area contributed by atoms with Gasteiger partial charge in [-0.3, -0.25) is 0 Å². The molecule has 5 rings (SSSR count). The Balaban J connectivity index is 1.11. The van der Waals surface area contributed by atoms with Crippen LogP contribution in [0, 0.1) is 5.41 Å². The smallest absolute Gasteiger partial charge is 0.183 e. The minimum Gasteiger partial charge on any atom is -0.373 e. The molecule has 34 heavy (non-hydrogen) atoms. The molecule has 0 aromatic heterocycles. The van der Waals surface area contributed by atoms with Crippen LogP contribution in [0.3, 0.4) is 0 Å². The van der Waals surface area contributed by atoms with E-state index in [1.54, 1.807) is 0 Å². The molecule has 0 amide bonds. The molecular formula is C29H40N2O3. The molecule has 3 heterocycles. The fraction of sp³-hybridized carbons (Fsp3) is 0.586. The Morgan fingerprint density at radius 1 is 0.824 bits per heavy atom. The van der Waals surface area contributed by atoms with Gasteiger partial charge < -0.3 is 24.0 Å². The van der Waals surface area contributed by atoms with Crippen LogP contribution >= 0.6 is 0 Å². The summed E-state index contributed by atoms with van der Waals surface area (Å²) in [6, 6.07) is 17.8. The molecule has 2 aromatic carbocycles. The van der Waals surface area contributed by atoms with Crippen LogP contribution in [0.4, 0.5) is 5.69 Å². The average Bonchev–Trinajstić information content (AvgIpc) is 2.89. The standard InChI is InChI=1S/C29H40N2O3/c1-3-4-5-23-6-8-25(9-7-23)28-33-21-29(22-34-28)15-14-27(32-20-29)24-10-12-26(13-11-24)31-18-16-30(2)17-19-31/h6-13,27-28H,3-5,14-22H2,1-2H3. The normalized spacial score (nSPS) is 28.4. The van der Waals surface area contributed by atoms with Gasteiger partial charge in [-0.05, 0) is 56.0 Å². The maximum absolute atomic E-state index is 6.37. The van der Waals surface area contributed by atoms with Gasteiger partial charge in [0.05, 0.1) is 25.9 Å². The van der Waals surface area contributed by atoms with Gasteiger partial charge in [-0.1, -0.05) is 49.7 Å². The van der Waals surface area contributed by atoms with Gasteiger partial charge in [-0.15, -0.1) is 0 Å². The van der Waals surface area contributed by atoms with E-state index in [-0.39, 0.29) is 17.8 Å². The summed E-state index contributed by atoms with van der Waals surface area (Å²) in [5.41, 5.74) is 5.09. The maximum atomic E-state index is 6.37. The van der Waals surface area contributed by atoms with Crippen molar-refractivity contribution in [2.75, 3.05) is 57.9 Å². The average molecular weight is 465 g/mol. The van der Waals surface area contributed by atoms with Crippen molar-refractivity contribution in [1.82, 2.24) is 4.90 Å². The quantitative estimate of drug-likeness (QED) is 0.575. The van der Waals surface area contributed by atoms with Crippen molar-refractivity contribution < 1.29 is 14.2 Å². The highest BCUT2D eigenvalue weighted by molar-refractivity contribution is 5.48. The first-order valence-corrected chi connectivity index (χ1v) is 13.1. The number of ether oxygens (including phenoxy) is 3. The third kappa shape index (κ3) is 5.49. The van der Waals surface area contributed by atoms with E-state index >= 15 is 0 Å². The van der Waals surface area contributed by atoms with Crippen molar-refractivity contribution in [3.63, 3.8) is 0 Å². The maximum Gasteiger partial charge on any atom is 0.183 e. The number of nitrogens with zero attached hydrogens (tertiary/aromatic N) is 2. The van der Waals surface area contributed by atoms with E-state index in [4.69, 9.17) is 14.2 Å². The molecule has 5 heteroatoms. The van der Waals surface area contributed by atoms with E-state index in [2.05, 4.69) is 72.3 Å². The Morgan fingerprint density at radius 3 is 2.09 bits per heavy atom. The monoisotopic (exact) mass is 464 g/mol. The van der Waals surface area contributed by atoms with E-state index in [1.165, 1.54) is 29.7 Å². The van der Waals surface area contributed by atoms with Gasteiger partial charge in [0.25, 0.3) is 0 Å². The largest absolute Gasteiger partial charge is 0.373 e. The lowest BCUT2D eigenvalue weighted by Crippen LogP contribution is -2.45. The van der Waals surface area contributed by atoms with Crippen molar-refractivity contribution in [2.45, 2.75) is 51.4 Å². The highest BCUT2D eigenvalue weighted by Crippen LogP contribution is 2.42. The second-order valence-electron chi connectivity index (χ2n) is 10.5. The van der Waals surface area contributed by atoms with Crippen molar-refractivity contribution in [3.05, 3.63) is 65.2 Å². The summed E-state index contributed by atoms with van der Waals surface area (Å²) < 4.78 is 18.8. The second-order valence-corrected chi connectivity index (χ2v) is 10.5. The van der Waals surface area contributed by atoms with Crippen LogP contribution in [0.1, 0.15) is 61.7 Å². The van der Waals surface area contributed by atoms with Crippen molar-refractivity contribution in [3.8, 4) is 0 Å². The number of hydrogen-bond donors (Lipinski definition) is 0. The molecule has 1 atom stereocenters. The third-order valence-corrected chi connectivity index (χ3v) is 7.81. The van der Waals surface area contributed by atoms with Crippen LogP contribution < -0.4 is 4.90 Å². The zero-order valence-corrected chi connectivity index (χ0v) is 20.9. The lowest BCUT2D eigenvalue weighted by Gasteiger charge is -2.44. The molecule has 3 saturated heterocycles. The van der Waals surface area contributed by atoms with Gasteiger partial charge in [0.15, 0.2) is 6.29 Å². The number of likely N-dealkylation sites (N-methyl/N-ethyl adjacent to an activating group) is 1. The number of anilines is 1. The highest BCUT2D eigenvalue weighted by Gasteiger charge is 2.41. The van der Waals surface area contributed by atoms with Crippen molar-refractivity contribution in [2.24, 2.45) is 5.41 Å². The predicted molar refractivity (Wildman–Crippen MR) is 136 cm³/mol. The summed E-state index contributed by atoms with van der Waals surface area (Å²) in [4.78, 5) is 4.87. The van der Waals surface area contributed by atoms with Gasteiger partial charge in [-0.25, -0.2) is 0 Å². The Hall–Kier alpha value is -1.92. The molecule has 184 valence electrons. The van der Waals surface area contributed by atoms with Gasteiger partial charge in [-0.2, -0.15) is 0 Å². The number of unbranched alkanes of at least 4 members (excludes halogenated alkanes) is 1. The summed E-state index contributed by atoms with van der Waals surface area (Å²) in [6.45, 7) is 8.78. The molecule has 0 N–H and O–H groups in total. The molecule has 3 aliphatic heterocycles. The number of piperazine rings is 1. The van der Waals surface area contributed by atoms with Gasteiger partial charge in [0.2, 0.25) is 0 Å². The van der Waals surface area contributed by atoms with Crippen molar-refractivity contribution in [1.29, 1.82) is 0 Å². The fourth-order valence-electron chi connectivity index (χ4n) is 5.33. The summed E-state index contributed by atoms with van der Waals surface area (Å²) >= 11 is 0. The van der Waals surface area contributed by atoms with E-state index in [1.807, 2.05) is 0 Å². The molecule has 3 fully saturated rings. The Morgan fingerprint density at radius 2 is 1.47 bits per heavy atom. The first-order chi connectivity index (χ1) is 16.6. The molecule has 0 saturated carbocycles. The van der Waals surface area contributed by atoms with E-state index in [0.717, 1.165) is 51.0 Å². The minimum absolute atomic E-state index is 0.0200. The molecule has 2 aromatic rings. The van der Waals surface area contributed by atoms with Crippen LogP contribution in [0.15, 0.2) is 48.5 Å². The molecule has 3 aliphatic rings. The number of hydrogen-bond acceptors (Lipinski definition) is 5. The first kappa shape index (κ1) is 23.8. The van der Waals surface area contributed by atoms with Crippen LogP contribution in [-0.4, -0.2) is 57.9 Å². The molecule has 0 radical (unpaired) electrons. The van der Waals surface area contributed by atoms with Crippen molar-refractivity contribution >= 4 is 5.69 Å². The van der Waals surface area contributed by atoms with E-state index in [9.17, 15) is 0 Å². The highest BCUT2D eigenvalue weighted by atomic mass is 16.7. The Labute approximate surface area is 205 Å². The van der Waals surface area contributed by atoms with Gasteiger partial charge in [0.1, 0.15) is 0 Å².